The van der Waals surface area contributed by atoms with Crippen LogP contribution in [0, 0.1) is 11.8 Å². The van der Waals surface area contributed by atoms with Crippen LogP contribution in [0.5, 0.6) is 0 Å². The molecule has 1 aliphatic heterocycles. The SMILES string of the molecule is CC#CC(=O)N1CCC[C@@H]1c1ccc(Br)s1. The maximum atomic E-state index is 11.8. The number of thiophene rings is 1. The molecule has 2 nitrogen and oxygen atoms in total. The number of halogens is 1. The van der Waals surface area contributed by atoms with Crippen LogP contribution in [0.25, 0.3) is 0 Å². The van der Waals surface area contributed by atoms with Crippen molar-refractivity contribution in [2.45, 2.75) is 25.8 Å². The van der Waals surface area contributed by atoms with Crippen molar-refractivity contribution >= 4 is 33.2 Å². The lowest BCUT2D eigenvalue weighted by Gasteiger charge is -2.21. The van der Waals surface area contributed by atoms with Gasteiger partial charge in [-0.25, -0.2) is 0 Å². The first-order valence-corrected chi connectivity index (χ1v) is 6.82. The number of carbonyl (C=O) groups is 1. The first-order valence-electron chi connectivity index (χ1n) is 5.21. The molecule has 0 bridgehead atoms. The van der Waals surface area contributed by atoms with Crippen LogP contribution in [0.2, 0.25) is 0 Å². The lowest BCUT2D eigenvalue weighted by atomic mass is 10.2. The quantitative estimate of drug-likeness (QED) is 0.729. The number of rotatable bonds is 1. The van der Waals surface area contributed by atoms with Crippen LogP contribution in [-0.2, 0) is 4.79 Å². The van der Waals surface area contributed by atoms with E-state index in [0.29, 0.717) is 0 Å². The minimum absolute atomic E-state index is 0.0467. The van der Waals surface area contributed by atoms with E-state index in [-0.39, 0.29) is 11.9 Å². The highest BCUT2D eigenvalue weighted by Crippen LogP contribution is 2.37. The zero-order chi connectivity index (χ0) is 11.5. The van der Waals surface area contributed by atoms with E-state index >= 15 is 0 Å². The monoisotopic (exact) mass is 297 g/mol. The van der Waals surface area contributed by atoms with E-state index in [2.05, 4.69) is 33.8 Å². The zero-order valence-corrected chi connectivity index (χ0v) is 11.4. The van der Waals surface area contributed by atoms with Gasteiger partial charge in [-0.05, 0) is 53.7 Å². The van der Waals surface area contributed by atoms with Crippen LogP contribution in [0.4, 0.5) is 0 Å². The van der Waals surface area contributed by atoms with Gasteiger partial charge < -0.3 is 4.90 Å². The number of nitrogens with zero attached hydrogens (tertiary/aromatic N) is 1. The van der Waals surface area contributed by atoms with Gasteiger partial charge in [0.1, 0.15) is 0 Å². The molecule has 0 saturated carbocycles. The van der Waals surface area contributed by atoms with Crippen LogP contribution in [0.15, 0.2) is 15.9 Å². The van der Waals surface area contributed by atoms with Gasteiger partial charge in [0.05, 0.1) is 9.83 Å². The average Bonchev–Trinajstić information content (AvgIpc) is 2.85. The van der Waals surface area contributed by atoms with Crippen molar-refractivity contribution in [2.24, 2.45) is 0 Å². The molecule has 1 saturated heterocycles. The second-order valence-corrected chi connectivity index (χ2v) is 6.17. The van der Waals surface area contributed by atoms with Gasteiger partial charge in [-0.3, -0.25) is 4.79 Å². The Morgan fingerprint density at radius 3 is 3.06 bits per heavy atom. The molecule has 0 spiro atoms. The van der Waals surface area contributed by atoms with Crippen molar-refractivity contribution < 1.29 is 4.79 Å². The fourth-order valence-corrected chi connectivity index (χ4v) is 3.56. The third-order valence-corrected chi connectivity index (χ3v) is 4.39. The fourth-order valence-electron chi connectivity index (χ4n) is 1.99. The summed E-state index contributed by atoms with van der Waals surface area (Å²) in [6.07, 6.45) is 2.11. The number of likely N-dealkylation sites (tertiary alicyclic amines) is 1. The molecular formula is C12H12BrNOS. The van der Waals surface area contributed by atoms with Gasteiger partial charge in [-0.1, -0.05) is 5.92 Å². The topological polar surface area (TPSA) is 20.3 Å². The second-order valence-electron chi connectivity index (χ2n) is 3.67. The van der Waals surface area contributed by atoms with Crippen molar-refractivity contribution in [3.63, 3.8) is 0 Å². The maximum Gasteiger partial charge on any atom is 0.298 e. The minimum Gasteiger partial charge on any atom is -0.324 e. The summed E-state index contributed by atoms with van der Waals surface area (Å²) >= 11 is 5.15. The number of amides is 1. The smallest absolute Gasteiger partial charge is 0.298 e. The summed E-state index contributed by atoms with van der Waals surface area (Å²) in [7, 11) is 0. The molecule has 1 atom stereocenters. The van der Waals surface area contributed by atoms with Crippen molar-refractivity contribution in [1.29, 1.82) is 0 Å². The molecule has 1 amide bonds. The molecule has 0 unspecified atom stereocenters. The Kier molecular flexibility index (Phi) is 3.67. The molecule has 2 rings (SSSR count). The van der Waals surface area contributed by atoms with Crippen LogP contribution >= 0.6 is 27.3 Å². The lowest BCUT2D eigenvalue weighted by molar-refractivity contribution is -0.125. The summed E-state index contributed by atoms with van der Waals surface area (Å²) in [6, 6.07) is 4.35. The Morgan fingerprint density at radius 2 is 2.44 bits per heavy atom. The van der Waals surface area contributed by atoms with E-state index in [0.717, 1.165) is 23.2 Å². The Morgan fingerprint density at radius 1 is 1.62 bits per heavy atom. The first kappa shape index (κ1) is 11.7. The maximum absolute atomic E-state index is 11.8. The van der Waals surface area contributed by atoms with Crippen LogP contribution in [0.1, 0.15) is 30.7 Å². The van der Waals surface area contributed by atoms with Crippen LogP contribution < -0.4 is 0 Å². The van der Waals surface area contributed by atoms with E-state index in [1.165, 1.54) is 4.88 Å². The average molecular weight is 298 g/mol. The van der Waals surface area contributed by atoms with Gasteiger partial charge in [0.2, 0.25) is 0 Å². The molecule has 84 valence electrons. The standard InChI is InChI=1S/C12H12BrNOS/c1-2-4-12(15)14-8-3-5-9(14)10-6-7-11(13)16-10/h6-7,9H,3,5,8H2,1H3/t9-/m1/s1. The lowest BCUT2D eigenvalue weighted by Crippen LogP contribution is -2.28. The summed E-state index contributed by atoms with van der Waals surface area (Å²) in [5, 5.41) is 0. The third kappa shape index (κ3) is 2.31. The Bertz CT molecular complexity index is 457. The van der Waals surface area contributed by atoms with Crippen LogP contribution in [0.3, 0.4) is 0 Å². The summed E-state index contributed by atoms with van der Waals surface area (Å²) in [5.41, 5.74) is 0. The highest BCUT2D eigenvalue weighted by Gasteiger charge is 2.29. The molecule has 2 heterocycles. The summed E-state index contributed by atoms with van der Waals surface area (Å²) < 4.78 is 1.11. The van der Waals surface area contributed by atoms with E-state index in [1.54, 1.807) is 18.3 Å². The zero-order valence-electron chi connectivity index (χ0n) is 9.00. The van der Waals surface area contributed by atoms with E-state index in [1.807, 2.05) is 11.0 Å². The Labute approximate surface area is 108 Å². The Hall–Kier alpha value is -0.790. The van der Waals surface area contributed by atoms with E-state index < -0.39 is 0 Å². The summed E-state index contributed by atoms with van der Waals surface area (Å²) in [6.45, 7) is 2.53. The molecule has 0 N–H and O–H groups in total. The van der Waals surface area contributed by atoms with Crippen LogP contribution in [-0.4, -0.2) is 17.4 Å². The predicted molar refractivity (Wildman–Crippen MR) is 69.2 cm³/mol. The van der Waals surface area contributed by atoms with Crippen molar-refractivity contribution in [2.75, 3.05) is 6.54 Å². The largest absolute Gasteiger partial charge is 0.324 e. The highest BCUT2D eigenvalue weighted by molar-refractivity contribution is 9.11. The molecule has 1 aromatic rings. The van der Waals surface area contributed by atoms with Crippen molar-refractivity contribution in [1.82, 2.24) is 4.90 Å². The molecule has 0 radical (unpaired) electrons. The minimum atomic E-state index is -0.0467. The molecule has 1 aromatic heterocycles. The molecule has 0 aromatic carbocycles. The molecular weight excluding hydrogens is 286 g/mol. The van der Waals surface area contributed by atoms with Gasteiger partial charge >= 0.3 is 0 Å². The summed E-state index contributed by atoms with van der Waals surface area (Å²) in [4.78, 5) is 14.9. The molecule has 0 aliphatic carbocycles. The molecule has 16 heavy (non-hydrogen) atoms. The second kappa shape index (κ2) is 5.03. The van der Waals surface area contributed by atoms with Gasteiger partial charge in [-0.2, -0.15) is 0 Å². The molecule has 1 aliphatic rings. The van der Waals surface area contributed by atoms with E-state index in [4.69, 9.17) is 0 Å². The van der Waals surface area contributed by atoms with Gasteiger partial charge in [0.15, 0.2) is 0 Å². The summed E-state index contributed by atoms with van der Waals surface area (Å²) in [5.74, 6) is 5.25. The highest BCUT2D eigenvalue weighted by atomic mass is 79.9. The van der Waals surface area contributed by atoms with Crippen molar-refractivity contribution in [3.05, 3.63) is 20.8 Å². The first-order chi connectivity index (χ1) is 7.72. The number of hydrogen-bond donors (Lipinski definition) is 0. The normalized spacial score (nSPS) is 19.4. The third-order valence-electron chi connectivity index (χ3n) is 2.67. The fraction of sp³-hybridized carbons (Fsp3) is 0.417. The Balaban J connectivity index is 2.20. The number of hydrogen-bond acceptors (Lipinski definition) is 2. The van der Waals surface area contributed by atoms with E-state index in [9.17, 15) is 4.79 Å². The van der Waals surface area contributed by atoms with Crippen molar-refractivity contribution in [3.8, 4) is 11.8 Å². The van der Waals surface area contributed by atoms with Gasteiger partial charge in [-0.15, -0.1) is 11.3 Å². The predicted octanol–water partition coefficient (Wildman–Crippen LogP) is 3.20. The van der Waals surface area contributed by atoms with Gasteiger partial charge in [0.25, 0.3) is 5.91 Å². The van der Waals surface area contributed by atoms with Gasteiger partial charge in [0, 0.05) is 11.4 Å². The number of carbonyl (C=O) groups excluding carboxylic acids is 1. The molecule has 4 heteroatoms. The molecule has 1 fully saturated rings.